The van der Waals surface area contributed by atoms with E-state index in [1.807, 2.05) is 13.0 Å². The molecule has 19 heavy (non-hydrogen) atoms. The number of hydrogen-bond acceptors (Lipinski definition) is 4. The number of halogens is 1. The molecule has 1 aromatic heterocycles. The van der Waals surface area contributed by atoms with Crippen molar-refractivity contribution in [2.45, 2.75) is 29.8 Å². The van der Waals surface area contributed by atoms with Crippen LogP contribution in [0.1, 0.15) is 19.0 Å². The Kier molecular flexibility index (Phi) is 4.50. The highest BCUT2D eigenvalue weighted by Crippen LogP contribution is 2.31. The Hall–Kier alpha value is -1.46. The number of nitrogens with two attached hydrogens (primary N) is 1. The highest BCUT2D eigenvalue weighted by atomic mass is 35.5. The van der Waals surface area contributed by atoms with Crippen LogP contribution in [-0.2, 0) is 6.42 Å². The molecule has 2 rings (SSSR count). The van der Waals surface area contributed by atoms with E-state index in [2.05, 4.69) is 9.97 Å². The summed E-state index contributed by atoms with van der Waals surface area (Å²) in [6.07, 6.45) is 1.73. The number of H-pyrrole nitrogens is 1. The minimum absolute atomic E-state index is 0.145. The van der Waals surface area contributed by atoms with Crippen molar-refractivity contribution in [1.82, 2.24) is 9.97 Å². The topological polar surface area (TPSA) is 71.8 Å². The van der Waals surface area contributed by atoms with Gasteiger partial charge in [0.25, 0.3) is 5.56 Å². The summed E-state index contributed by atoms with van der Waals surface area (Å²) in [5, 5.41) is 1.13. The van der Waals surface area contributed by atoms with Crippen LogP contribution in [0.15, 0.2) is 39.1 Å². The van der Waals surface area contributed by atoms with E-state index in [0.717, 1.165) is 23.4 Å². The summed E-state index contributed by atoms with van der Waals surface area (Å²) in [5.74, 6) is 0. The Labute approximate surface area is 120 Å². The minimum atomic E-state index is -0.145. The van der Waals surface area contributed by atoms with Gasteiger partial charge in [0.05, 0.1) is 0 Å². The van der Waals surface area contributed by atoms with E-state index in [1.165, 1.54) is 17.8 Å². The molecule has 6 heteroatoms. The molecule has 4 nitrogen and oxygen atoms in total. The Bertz CT molecular complexity index is 642. The predicted molar refractivity (Wildman–Crippen MR) is 78.8 cm³/mol. The number of nitrogens with zero attached hydrogens (tertiary/aromatic N) is 1. The molecule has 0 atom stereocenters. The van der Waals surface area contributed by atoms with Crippen molar-refractivity contribution >= 4 is 29.1 Å². The maximum absolute atomic E-state index is 11.6. The van der Waals surface area contributed by atoms with E-state index in [0.29, 0.717) is 15.9 Å². The van der Waals surface area contributed by atoms with E-state index in [-0.39, 0.29) is 5.56 Å². The number of rotatable bonds is 4. The molecule has 0 fully saturated rings. The van der Waals surface area contributed by atoms with Crippen LogP contribution in [0, 0.1) is 0 Å². The quantitative estimate of drug-likeness (QED) is 0.671. The lowest BCUT2D eigenvalue weighted by molar-refractivity contribution is 0.816. The lowest BCUT2D eigenvalue weighted by atomic mass is 10.2. The SMILES string of the molecule is CCCc1cc(=O)[nH]c(Sc2ccc(Cl)cc2N)n1. The average molecular weight is 296 g/mol. The molecule has 3 N–H and O–H groups in total. The molecule has 0 radical (unpaired) electrons. The first-order valence-corrected chi connectivity index (χ1v) is 7.11. The van der Waals surface area contributed by atoms with Crippen LogP contribution in [0.5, 0.6) is 0 Å². The van der Waals surface area contributed by atoms with Crippen molar-refractivity contribution in [3.8, 4) is 0 Å². The molecule has 0 aliphatic rings. The second kappa shape index (κ2) is 6.12. The summed E-state index contributed by atoms with van der Waals surface area (Å²) in [7, 11) is 0. The fraction of sp³-hybridized carbons (Fsp3) is 0.231. The maximum atomic E-state index is 11.6. The Morgan fingerprint density at radius 1 is 1.42 bits per heavy atom. The summed E-state index contributed by atoms with van der Waals surface area (Å²) in [5.41, 5.74) is 7.10. The Morgan fingerprint density at radius 2 is 2.21 bits per heavy atom. The van der Waals surface area contributed by atoms with Crippen LogP contribution >= 0.6 is 23.4 Å². The molecule has 0 aliphatic carbocycles. The summed E-state index contributed by atoms with van der Waals surface area (Å²) >= 11 is 7.18. The van der Waals surface area contributed by atoms with Gasteiger partial charge in [-0.05, 0) is 36.4 Å². The normalized spacial score (nSPS) is 10.6. The van der Waals surface area contributed by atoms with Gasteiger partial charge in [-0.15, -0.1) is 0 Å². The molecule has 0 saturated heterocycles. The van der Waals surface area contributed by atoms with Crippen LogP contribution in [0.3, 0.4) is 0 Å². The zero-order chi connectivity index (χ0) is 13.8. The minimum Gasteiger partial charge on any atom is -0.398 e. The number of nitrogen functional groups attached to an aromatic ring is 1. The van der Waals surface area contributed by atoms with Crippen molar-refractivity contribution in [3.63, 3.8) is 0 Å². The number of aryl methyl sites for hydroxylation is 1. The van der Waals surface area contributed by atoms with Crippen molar-refractivity contribution in [2.24, 2.45) is 0 Å². The van der Waals surface area contributed by atoms with Crippen molar-refractivity contribution in [3.05, 3.63) is 45.3 Å². The molecule has 0 unspecified atom stereocenters. The van der Waals surface area contributed by atoms with Gasteiger partial charge in [-0.3, -0.25) is 4.79 Å². The summed E-state index contributed by atoms with van der Waals surface area (Å²) in [4.78, 5) is 19.5. The van der Waals surface area contributed by atoms with Crippen LogP contribution in [-0.4, -0.2) is 9.97 Å². The molecule has 0 spiro atoms. The maximum Gasteiger partial charge on any atom is 0.251 e. The van der Waals surface area contributed by atoms with E-state index in [9.17, 15) is 4.79 Å². The van der Waals surface area contributed by atoms with E-state index in [4.69, 9.17) is 17.3 Å². The van der Waals surface area contributed by atoms with Crippen LogP contribution < -0.4 is 11.3 Å². The molecule has 100 valence electrons. The molecular formula is C13H14ClN3OS. The number of hydrogen-bond donors (Lipinski definition) is 2. The Balaban J connectivity index is 2.30. The third-order valence-electron chi connectivity index (χ3n) is 2.46. The zero-order valence-corrected chi connectivity index (χ0v) is 12.0. The third kappa shape index (κ3) is 3.75. The van der Waals surface area contributed by atoms with E-state index >= 15 is 0 Å². The van der Waals surface area contributed by atoms with Gasteiger partial charge in [0.2, 0.25) is 0 Å². The lowest BCUT2D eigenvalue weighted by Gasteiger charge is -2.06. The first-order valence-electron chi connectivity index (χ1n) is 5.91. The average Bonchev–Trinajstić information content (AvgIpc) is 2.32. The fourth-order valence-electron chi connectivity index (χ4n) is 1.63. The number of aromatic nitrogens is 2. The van der Waals surface area contributed by atoms with Crippen LogP contribution in [0.2, 0.25) is 5.02 Å². The van der Waals surface area contributed by atoms with Gasteiger partial charge in [-0.25, -0.2) is 4.98 Å². The number of anilines is 1. The molecule has 0 bridgehead atoms. The zero-order valence-electron chi connectivity index (χ0n) is 10.4. The number of aromatic amines is 1. The molecule has 1 heterocycles. The van der Waals surface area contributed by atoms with Crippen molar-refractivity contribution in [2.75, 3.05) is 5.73 Å². The largest absolute Gasteiger partial charge is 0.398 e. The molecule has 0 amide bonds. The molecule has 1 aromatic carbocycles. The van der Waals surface area contributed by atoms with Gasteiger partial charge in [-0.2, -0.15) is 0 Å². The summed E-state index contributed by atoms with van der Waals surface area (Å²) < 4.78 is 0. The first-order chi connectivity index (χ1) is 9.08. The highest BCUT2D eigenvalue weighted by molar-refractivity contribution is 7.99. The van der Waals surface area contributed by atoms with Gasteiger partial charge >= 0.3 is 0 Å². The monoisotopic (exact) mass is 295 g/mol. The van der Waals surface area contributed by atoms with E-state index in [1.54, 1.807) is 12.1 Å². The third-order valence-corrected chi connectivity index (χ3v) is 3.67. The fourth-order valence-corrected chi connectivity index (χ4v) is 2.65. The van der Waals surface area contributed by atoms with Gasteiger partial charge in [0.1, 0.15) is 0 Å². The molecule has 2 aromatic rings. The second-order valence-electron chi connectivity index (χ2n) is 4.08. The predicted octanol–water partition coefficient (Wildman–Crippen LogP) is 3.11. The number of nitrogens with one attached hydrogen (secondary N) is 1. The van der Waals surface area contributed by atoms with Gasteiger partial charge in [0.15, 0.2) is 5.16 Å². The van der Waals surface area contributed by atoms with E-state index < -0.39 is 0 Å². The standard InChI is InChI=1S/C13H14ClN3OS/c1-2-3-9-7-12(18)17-13(16-9)19-11-5-4-8(14)6-10(11)15/h4-7H,2-3,15H2,1H3,(H,16,17,18). The summed E-state index contributed by atoms with van der Waals surface area (Å²) in [6.45, 7) is 2.05. The van der Waals surface area contributed by atoms with Gasteiger partial charge in [-0.1, -0.05) is 24.9 Å². The first kappa shape index (κ1) is 14.0. The van der Waals surface area contributed by atoms with Crippen LogP contribution in [0.25, 0.3) is 0 Å². The Morgan fingerprint density at radius 3 is 2.89 bits per heavy atom. The molecule has 0 aliphatic heterocycles. The van der Waals surface area contributed by atoms with Gasteiger partial charge < -0.3 is 10.7 Å². The highest BCUT2D eigenvalue weighted by Gasteiger charge is 2.06. The second-order valence-corrected chi connectivity index (χ2v) is 5.54. The smallest absolute Gasteiger partial charge is 0.251 e. The molecular weight excluding hydrogens is 282 g/mol. The van der Waals surface area contributed by atoms with Crippen molar-refractivity contribution in [1.29, 1.82) is 0 Å². The lowest BCUT2D eigenvalue weighted by Crippen LogP contribution is -2.09. The molecule has 0 saturated carbocycles. The summed E-state index contributed by atoms with van der Waals surface area (Å²) in [6, 6.07) is 6.78. The number of benzene rings is 1. The van der Waals surface area contributed by atoms with Crippen molar-refractivity contribution < 1.29 is 0 Å². The van der Waals surface area contributed by atoms with Crippen LogP contribution in [0.4, 0.5) is 5.69 Å². The van der Waals surface area contributed by atoms with Gasteiger partial charge in [0, 0.05) is 27.4 Å².